The van der Waals surface area contributed by atoms with Crippen LogP contribution in [0.15, 0.2) is 45.4 Å². The molecule has 1 amide bonds. The van der Waals surface area contributed by atoms with E-state index in [1.165, 1.54) is 0 Å². The van der Waals surface area contributed by atoms with Crippen LogP contribution in [0, 0.1) is 6.92 Å². The van der Waals surface area contributed by atoms with Crippen molar-refractivity contribution < 1.29 is 9.21 Å². The highest BCUT2D eigenvalue weighted by molar-refractivity contribution is 9.10. The van der Waals surface area contributed by atoms with Gasteiger partial charge in [0.1, 0.15) is 5.58 Å². The summed E-state index contributed by atoms with van der Waals surface area (Å²) in [5.41, 5.74) is 2.89. The van der Waals surface area contributed by atoms with Gasteiger partial charge in [0.15, 0.2) is 11.4 Å². The molecule has 0 aliphatic heterocycles. The molecule has 4 rings (SSSR count). The van der Waals surface area contributed by atoms with Crippen molar-refractivity contribution in [2.45, 2.75) is 6.92 Å². The lowest BCUT2D eigenvalue weighted by Crippen LogP contribution is -2.11. The Hall–Kier alpha value is -2.67. The van der Waals surface area contributed by atoms with Gasteiger partial charge < -0.3 is 9.73 Å². The van der Waals surface area contributed by atoms with Gasteiger partial charge in [-0.05, 0) is 41.1 Å². The normalized spacial score (nSPS) is 11.3. The van der Waals surface area contributed by atoms with Crippen molar-refractivity contribution in [1.82, 2.24) is 14.8 Å². The summed E-state index contributed by atoms with van der Waals surface area (Å²) in [6.45, 7) is 1.91. The second-order valence-electron chi connectivity index (χ2n) is 5.53. The lowest BCUT2D eigenvalue weighted by molar-refractivity contribution is 0.0998. The highest BCUT2D eigenvalue weighted by Gasteiger charge is 2.15. The summed E-state index contributed by atoms with van der Waals surface area (Å²) >= 11 is 3.42. The number of nitrogens with one attached hydrogen (secondary N) is 1. The van der Waals surface area contributed by atoms with E-state index < -0.39 is 0 Å². The van der Waals surface area contributed by atoms with Crippen LogP contribution in [-0.4, -0.2) is 20.7 Å². The number of anilines is 1. The maximum Gasteiger partial charge on any atom is 0.291 e. The van der Waals surface area contributed by atoms with Crippen LogP contribution in [0.5, 0.6) is 0 Å². The number of amides is 1. The summed E-state index contributed by atoms with van der Waals surface area (Å²) in [7, 11) is 1.84. The Labute approximate surface area is 145 Å². The van der Waals surface area contributed by atoms with E-state index in [1.807, 2.05) is 38.2 Å². The van der Waals surface area contributed by atoms with Crippen LogP contribution in [0.3, 0.4) is 0 Å². The lowest BCUT2D eigenvalue weighted by atomic mass is 10.2. The van der Waals surface area contributed by atoms with Gasteiger partial charge in [-0.25, -0.2) is 4.98 Å². The standard InChI is InChI=1S/C17H13BrN4O2/c1-9-12-7-11(8-19-16(12)22(2)21-9)20-17(23)14-6-10-4-3-5-13(18)15(10)24-14/h3-8H,1-2H3,(H,20,23). The number of furan rings is 1. The number of hydrogen-bond donors (Lipinski definition) is 1. The van der Waals surface area contributed by atoms with E-state index in [0.717, 1.165) is 26.6 Å². The summed E-state index contributed by atoms with van der Waals surface area (Å²) in [6.07, 6.45) is 1.61. The Morgan fingerprint density at radius 3 is 2.96 bits per heavy atom. The van der Waals surface area contributed by atoms with E-state index in [9.17, 15) is 4.79 Å². The molecule has 3 heterocycles. The molecule has 120 valence electrons. The number of nitrogens with zero attached hydrogens (tertiary/aromatic N) is 3. The number of hydrogen-bond acceptors (Lipinski definition) is 4. The lowest BCUT2D eigenvalue weighted by Gasteiger charge is -2.03. The first-order valence-corrected chi connectivity index (χ1v) is 8.11. The summed E-state index contributed by atoms with van der Waals surface area (Å²) in [6, 6.07) is 9.24. The zero-order chi connectivity index (χ0) is 16.8. The number of para-hydroxylation sites is 1. The van der Waals surface area contributed by atoms with Gasteiger partial charge in [0, 0.05) is 17.8 Å². The fourth-order valence-electron chi connectivity index (χ4n) is 2.71. The number of carbonyl (C=O) groups excluding carboxylic acids is 1. The third-order valence-corrected chi connectivity index (χ3v) is 4.47. The van der Waals surface area contributed by atoms with Crippen LogP contribution in [0.25, 0.3) is 22.0 Å². The van der Waals surface area contributed by atoms with Gasteiger partial charge in [0.2, 0.25) is 0 Å². The van der Waals surface area contributed by atoms with Crippen LogP contribution in [0.1, 0.15) is 16.2 Å². The number of pyridine rings is 1. The van der Waals surface area contributed by atoms with Crippen molar-refractivity contribution in [3.05, 3.63) is 52.5 Å². The molecule has 0 aliphatic rings. The monoisotopic (exact) mass is 384 g/mol. The van der Waals surface area contributed by atoms with E-state index in [1.54, 1.807) is 16.9 Å². The molecule has 3 aromatic heterocycles. The predicted molar refractivity (Wildman–Crippen MR) is 95.1 cm³/mol. The molecule has 0 atom stereocenters. The Morgan fingerprint density at radius 1 is 1.33 bits per heavy atom. The molecule has 4 aromatic rings. The second kappa shape index (κ2) is 5.45. The zero-order valence-corrected chi connectivity index (χ0v) is 14.6. The smallest absolute Gasteiger partial charge is 0.291 e. The fourth-order valence-corrected chi connectivity index (χ4v) is 3.17. The summed E-state index contributed by atoms with van der Waals surface area (Å²) < 4.78 is 8.18. The highest BCUT2D eigenvalue weighted by Crippen LogP contribution is 2.27. The number of carbonyl (C=O) groups is 1. The minimum atomic E-state index is -0.319. The molecule has 6 nitrogen and oxygen atoms in total. The van der Waals surface area contributed by atoms with Gasteiger partial charge in [0.25, 0.3) is 5.91 Å². The molecule has 24 heavy (non-hydrogen) atoms. The first-order valence-electron chi connectivity index (χ1n) is 7.31. The van der Waals surface area contributed by atoms with Crippen LogP contribution in [0.2, 0.25) is 0 Å². The summed E-state index contributed by atoms with van der Waals surface area (Å²) in [5.74, 6) is -0.0688. The van der Waals surface area contributed by atoms with Crippen LogP contribution < -0.4 is 5.32 Å². The average Bonchev–Trinajstić information content (AvgIpc) is 3.11. The van der Waals surface area contributed by atoms with Crippen molar-refractivity contribution in [2.75, 3.05) is 5.32 Å². The zero-order valence-electron chi connectivity index (χ0n) is 13.0. The Kier molecular flexibility index (Phi) is 3.38. The molecule has 0 spiro atoms. The van der Waals surface area contributed by atoms with Gasteiger partial charge >= 0.3 is 0 Å². The molecule has 1 N–H and O–H groups in total. The SMILES string of the molecule is Cc1nn(C)c2ncc(NC(=O)c3cc4cccc(Br)c4o3)cc12. The molecule has 0 unspecified atom stereocenters. The first kappa shape index (κ1) is 14.9. The van der Waals surface area contributed by atoms with Crippen molar-refractivity contribution in [3.63, 3.8) is 0 Å². The first-order chi connectivity index (χ1) is 11.5. The van der Waals surface area contributed by atoms with Gasteiger partial charge in [0.05, 0.1) is 22.1 Å². The number of aromatic nitrogens is 3. The van der Waals surface area contributed by atoms with E-state index in [0.29, 0.717) is 11.3 Å². The predicted octanol–water partition coefficient (Wildman–Crippen LogP) is 4.04. The van der Waals surface area contributed by atoms with Gasteiger partial charge in [-0.1, -0.05) is 12.1 Å². The molecule has 0 fully saturated rings. The second-order valence-corrected chi connectivity index (χ2v) is 6.38. The Morgan fingerprint density at radius 2 is 2.17 bits per heavy atom. The Bertz CT molecular complexity index is 1100. The summed E-state index contributed by atoms with van der Waals surface area (Å²) in [5, 5.41) is 8.92. The van der Waals surface area contributed by atoms with Crippen LogP contribution in [-0.2, 0) is 7.05 Å². The number of benzene rings is 1. The Balaban J connectivity index is 1.67. The number of rotatable bonds is 2. The van der Waals surface area contributed by atoms with E-state index in [-0.39, 0.29) is 11.7 Å². The van der Waals surface area contributed by atoms with Crippen LogP contribution in [0.4, 0.5) is 5.69 Å². The molecule has 0 radical (unpaired) electrons. The molecule has 0 saturated carbocycles. The number of aryl methyl sites for hydroxylation is 2. The average molecular weight is 385 g/mol. The maximum atomic E-state index is 12.5. The molecule has 0 saturated heterocycles. The van der Waals surface area contributed by atoms with E-state index in [4.69, 9.17) is 4.42 Å². The largest absolute Gasteiger partial charge is 0.450 e. The third kappa shape index (κ3) is 2.37. The molecule has 7 heteroatoms. The number of halogens is 1. The van der Waals surface area contributed by atoms with E-state index >= 15 is 0 Å². The molecule has 1 aromatic carbocycles. The van der Waals surface area contributed by atoms with Crippen molar-refractivity contribution in [3.8, 4) is 0 Å². The van der Waals surface area contributed by atoms with Gasteiger partial charge in [-0.3, -0.25) is 9.48 Å². The van der Waals surface area contributed by atoms with E-state index in [2.05, 4.69) is 31.3 Å². The maximum absolute atomic E-state index is 12.5. The molecule has 0 aliphatic carbocycles. The molecular weight excluding hydrogens is 372 g/mol. The highest BCUT2D eigenvalue weighted by atomic mass is 79.9. The van der Waals surface area contributed by atoms with Crippen molar-refractivity contribution in [1.29, 1.82) is 0 Å². The van der Waals surface area contributed by atoms with Crippen molar-refractivity contribution >= 4 is 49.5 Å². The number of fused-ring (bicyclic) bond motifs is 2. The minimum Gasteiger partial charge on any atom is -0.450 e. The molecule has 0 bridgehead atoms. The minimum absolute atomic E-state index is 0.250. The summed E-state index contributed by atoms with van der Waals surface area (Å²) in [4.78, 5) is 16.8. The molecular formula is C17H13BrN4O2. The third-order valence-electron chi connectivity index (χ3n) is 3.84. The fraction of sp³-hybridized carbons (Fsp3) is 0.118. The van der Waals surface area contributed by atoms with Crippen molar-refractivity contribution in [2.24, 2.45) is 7.05 Å². The quantitative estimate of drug-likeness (QED) is 0.565. The van der Waals surface area contributed by atoms with Gasteiger partial charge in [-0.15, -0.1) is 0 Å². The van der Waals surface area contributed by atoms with Gasteiger partial charge in [-0.2, -0.15) is 5.10 Å². The van der Waals surface area contributed by atoms with Crippen LogP contribution >= 0.6 is 15.9 Å². The topological polar surface area (TPSA) is 73.0 Å².